The van der Waals surface area contributed by atoms with E-state index in [1.807, 2.05) is 20.8 Å². The van der Waals surface area contributed by atoms with Gasteiger partial charge in [-0.3, -0.25) is 4.90 Å². The monoisotopic (exact) mass is 276 g/mol. The molecule has 3 unspecified atom stereocenters. The second-order valence-electron chi connectivity index (χ2n) is 4.15. The van der Waals surface area contributed by atoms with Crippen molar-refractivity contribution in [3.05, 3.63) is 0 Å². The van der Waals surface area contributed by atoms with Crippen LogP contribution in [0, 0.1) is 0 Å². The highest BCUT2D eigenvalue weighted by atomic mass is 32.2. The van der Waals surface area contributed by atoms with Gasteiger partial charge in [-0.2, -0.15) is 0 Å². The fraction of sp³-hybridized carbons (Fsp3) is 0.818. The Balaban J connectivity index is 2.51. The number of hydrogen-bond acceptors (Lipinski definition) is 4. The summed E-state index contributed by atoms with van der Waals surface area (Å²) in [6.45, 7) is 6.55. The fourth-order valence-electron chi connectivity index (χ4n) is 1.81. The second kappa shape index (κ2) is 6.84. The predicted molar refractivity (Wildman–Crippen MR) is 69.7 cm³/mol. The van der Waals surface area contributed by atoms with Crippen LogP contribution in [-0.2, 0) is 9.53 Å². The lowest BCUT2D eigenvalue weighted by atomic mass is 10.3. The van der Waals surface area contributed by atoms with Crippen LogP contribution in [0.25, 0.3) is 0 Å². The number of ether oxygens (including phenoxy) is 1. The molecule has 7 heteroatoms. The molecule has 2 N–H and O–H groups in total. The number of rotatable bonds is 5. The summed E-state index contributed by atoms with van der Waals surface area (Å²) in [5.41, 5.74) is 0. The average molecular weight is 276 g/mol. The Morgan fingerprint density at radius 1 is 1.61 bits per heavy atom. The maximum atomic E-state index is 12.0. The third-order valence-corrected chi connectivity index (χ3v) is 3.95. The van der Waals surface area contributed by atoms with Crippen LogP contribution in [0.5, 0.6) is 0 Å². The lowest BCUT2D eigenvalue weighted by molar-refractivity contribution is -0.141. The number of carbonyl (C=O) groups excluding carboxylic acids is 1. The quantitative estimate of drug-likeness (QED) is 0.782. The molecule has 1 heterocycles. The lowest BCUT2D eigenvalue weighted by Gasteiger charge is -2.26. The van der Waals surface area contributed by atoms with Gasteiger partial charge in [0.25, 0.3) is 0 Å². The number of carbonyl (C=O) groups is 2. The van der Waals surface area contributed by atoms with Crippen molar-refractivity contribution in [2.24, 2.45) is 0 Å². The Labute approximate surface area is 111 Å². The van der Waals surface area contributed by atoms with E-state index in [-0.39, 0.29) is 17.5 Å². The van der Waals surface area contributed by atoms with Gasteiger partial charge in [-0.25, -0.2) is 9.59 Å². The summed E-state index contributed by atoms with van der Waals surface area (Å²) in [7, 11) is 0. The van der Waals surface area contributed by atoms with E-state index in [2.05, 4.69) is 5.32 Å². The Morgan fingerprint density at radius 2 is 2.28 bits per heavy atom. The molecule has 0 aromatic carbocycles. The molecule has 0 aliphatic carbocycles. The molecule has 1 aliphatic rings. The van der Waals surface area contributed by atoms with E-state index in [4.69, 9.17) is 9.84 Å². The minimum absolute atomic E-state index is 0.0761. The van der Waals surface area contributed by atoms with Crippen LogP contribution in [-0.4, -0.2) is 58.4 Å². The first kappa shape index (κ1) is 15.1. The molecule has 0 saturated carbocycles. The highest BCUT2D eigenvalue weighted by Gasteiger charge is 2.39. The van der Waals surface area contributed by atoms with E-state index in [1.54, 1.807) is 0 Å². The molecule has 0 spiro atoms. The van der Waals surface area contributed by atoms with Crippen molar-refractivity contribution >= 4 is 23.8 Å². The maximum absolute atomic E-state index is 12.0. The highest BCUT2D eigenvalue weighted by molar-refractivity contribution is 8.00. The van der Waals surface area contributed by atoms with Gasteiger partial charge >= 0.3 is 12.0 Å². The van der Waals surface area contributed by atoms with Crippen LogP contribution in [0.2, 0.25) is 0 Å². The van der Waals surface area contributed by atoms with Gasteiger partial charge in [0, 0.05) is 18.9 Å². The summed E-state index contributed by atoms with van der Waals surface area (Å²) in [4.78, 5) is 24.4. The molecule has 0 radical (unpaired) electrons. The van der Waals surface area contributed by atoms with Crippen molar-refractivity contribution < 1.29 is 19.4 Å². The largest absolute Gasteiger partial charge is 0.480 e. The Bertz CT molecular complexity index is 313. The van der Waals surface area contributed by atoms with Gasteiger partial charge in [-0.05, 0) is 20.8 Å². The van der Waals surface area contributed by atoms with Crippen molar-refractivity contribution in [1.82, 2.24) is 10.2 Å². The van der Waals surface area contributed by atoms with E-state index in [0.717, 1.165) is 0 Å². The number of carboxylic acids is 1. The minimum atomic E-state index is -0.958. The van der Waals surface area contributed by atoms with Gasteiger partial charge in [-0.15, -0.1) is 11.8 Å². The highest BCUT2D eigenvalue weighted by Crippen LogP contribution is 2.28. The summed E-state index contributed by atoms with van der Waals surface area (Å²) >= 11 is 1.47. The molecular formula is C11H20N2O4S. The third-order valence-electron chi connectivity index (χ3n) is 2.73. The lowest BCUT2D eigenvalue weighted by Crippen LogP contribution is -2.50. The zero-order valence-corrected chi connectivity index (χ0v) is 11.7. The van der Waals surface area contributed by atoms with E-state index in [0.29, 0.717) is 18.9 Å². The molecule has 3 atom stereocenters. The first-order valence-electron chi connectivity index (χ1n) is 5.99. The second-order valence-corrected chi connectivity index (χ2v) is 5.49. The summed E-state index contributed by atoms with van der Waals surface area (Å²) in [6.07, 6.45) is -0.0761. The van der Waals surface area contributed by atoms with Crippen molar-refractivity contribution in [2.45, 2.75) is 38.3 Å². The number of amides is 2. The SMILES string of the molecule is CCOC(C)CNC(=O)N1C(C)SCC1C(=O)O. The number of aliphatic carboxylic acids is 1. The van der Waals surface area contributed by atoms with Crippen molar-refractivity contribution in [2.75, 3.05) is 18.9 Å². The topological polar surface area (TPSA) is 78.9 Å². The molecule has 1 rings (SSSR count). The zero-order valence-electron chi connectivity index (χ0n) is 10.9. The molecule has 0 aromatic heterocycles. The first-order chi connectivity index (χ1) is 8.47. The predicted octanol–water partition coefficient (Wildman–Crippen LogP) is 0.969. The number of carboxylic acid groups (broad SMARTS) is 1. The summed E-state index contributed by atoms with van der Waals surface area (Å²) in [6, 6.07) is -1.08. The normalized spacial score (nSPS) is 24.9. The van der Waals surface area contributed by atoms with Gasteiger partial charge in [0.15, 0.2) is 0 Å². The molecule has 0 bridgehead atoms. The van der Waals surface area contributed by atoms with E-state index >= 15 is 0 Å². The maximum Gasteiger partial charge on any atom is 0.327 e. The molecule has 2 amide bonds. The molecule has 1 saturated heterocycles. The molecule has 0 aromatic rings. The first-order valence-corrected chi connectivity index (χ1v) is 7.04. The number of hydrogen-bond donors (Lipinski definition) is 2. The summed E-state index contributed by atoms with van der Waals surface area (Å²) in [5, 5.41) is 11.6. The number of urea groups is 1. The zero-order chi connectivity index (χ0) is 13.7. The van der Waals surface area contributed by atoms with Crippen LogP contribution in [0.4, 0.5) is 4.79 Å². The Morgan fingerprint density at radius 3 is 2.83 bits per heavy atom. The Hall–Kier alpha value is -0.950. The molecular weight excluding hydrogens is 256 g/mol. The standard InChI is InChI=1S/C11H20N2O4S/c1-4-17-7(2)5-12-11(16)13-8(3)18-6-9(13)10(14)15/h7-9H,4-6H2,1-3H3,(H,12,16)(H,14,15). The molecule has 18 heavy (non-hydrogen) atoms. The van der Waals surface area contributed by atoms with Gasteiger partial charge in [0.1, 0.15) is 6.04 Å². The van der Waals surface area contributed by atoms with Crippen molar-refractivity contribution in [3.8, 4) is 0 Å². The number of thioether (sulfide) groups is 1. The Kier molecular flexibility index (Phi) is 5.74. The van der Waals surface area contributed by atoms with Crippen molar-refractivity contribution in [3.63, 3.8) is 0 Å². The number of nitrogens with zero attached hydrogens (tertiary/aromatic N) is 1. The van der Waals surface area contributed by atoms with Crippen LogP contribution in [0.3, 0.4) is 0 Å². The molecule has 104 valence electrons. The van der Waals surface area contributed by atoms with E-state index in [9.17, 15) is 9.59 Å². The van der Waals surface area contributed by atoms with E-state index in [1.165, 1.54) is 16.7 Å². The van der Waals surface area contributed by atoms with Crippen LogP contribution in [0.15, 0.2) is 0 Å². The minimum Gasteiger partial charge on any atom is -0.480 e. The van der Waals surface area contributed by atoms with Crippen molar-refractivity contribution in [1.29, 1.82) is 0 Å². The van der Waals surface area contributed by atoms with E-state index < -0.39 is 12.0 Å². The van der Waals surface area contributed by atoms with Gasteiger partial charge in [0.05, 0.1) is 11.5 Å². The summed E-state index contributed by atoms with van der Waals surface area (Å²) in [5.74, 6) is -0.523. The van der Waals surface area contributed by atoms with Crippen LogP contribution >= 0.6 is 11.8 Å². The molecule has 1 aliphatic heterocycles. The van der Waals surface area contributed by atoms with Crippen LogP contribution < -0.4 is 5.32 Å². The van der Waals surface area contributed by atoms with Gasteiger partial charge in [0.2, 0.25) is 0 Å². The average Bonchev–Trinajstić information content (AvgIpc) is 2.68. The molecule has 6 nitrogen and oxygen atoms in total. The smallest absolute Gasteiger partial charge is 0.327 e. The molecule has 1 fully saturated rings. The van der Waals surface area contributed by atoms with Crippen LogP contribution in [0.1, 0.15) is 20.8 Å². The fourth-order valence-corrected chi connectivity index (χ4v) is 2.97. The van der Waals surface area contributed by atoms with Gasteiger partial charge < -0.3 is 15.2 Å². The third kappa shape index (κ3) is 3.78. The number of nitrogens with one attached hydrogen (secondary N) is 1. The summed E-state index contributed by atoms with van der Waals surface area (Å²) < 4.78 is 5.30. The van der Waals surface area contributed by atoms with Gasteiger partial charge in [-0.1, -0.05) is 0 Å².